The summed E-state index contributed by atoms with van der Waals surface area (Å²) in [6.45, 7) is 0.219. The smallest absolute Gasteiger partial charge is 0.164 e. The highest BCUT2D eigenvalue weighted by Gasteiger charge is 2.26. The molecule has 0 fully saturated rings. The maximum Gasteiger partial charge on any atom is 0.164 e. The van der Waals surface area contributed by atoms with Gasteiger partial charge in [-0.05, 0) is 25.2 Å². The van der Waals surface area contributed by atoms with Crippen molar-refractivity contribution in [1.82, 2.24) is 0 Å². The van der Waals surface area contributed by atoms with Gasteiger partial charge in [-0.2, -0.15) is 0 Å². The Balaban J connectivity index is 2.52. The van der Waals surface area contributed by atoms with E-state index in [1.165, 1.54) is 0 Å². The minimum absolute atomic E-state index is 0.219. The monoisotopic (exact) mass is 252 g/mol. The van der Waals surface area contributed by atoms with Crippen LogP contribution in [0, 0.1) is 5.92 Å². The van der Waals surface area contributed by atoms with Crippen molar-refractivity contribution in [3.63, 3.8) is 0 Å². The summed E-state index contributed by atoms with van der Waals surface area (Å²) >= 11 is 0. The molecule has 0 bridgehead atoms. The molecule has 0 aliphatic heterocycles. The van der Waals surface area contributed by atoms with Crippen LogP contribution in [-0.4, -0.2) is 33.0 Å². The minimum Gasteiger partial charge on any atom is -0.496 e. The summed E-state index contributed by atoms with van der Waals surface area (Å²) in [6.07, 6.45) is 2.68. The Morgan fingerprint density at radius 3 is 2.39 bits per heavy atom. The molecule has 0 aromatic heterocycles. The largest absolute Gasteiger partial charge is 0.496 e. The molecule has 100 valence electrons. The maximum absolute atomic E-state index is 9.31. The highest BCUT2D eigenvalue weighted by atomic mass is 16.5. The number of fused-ring (bicyclic) bond motifs is 1. The van der Waals surface area contributed by atoms with Gasteiger partial charge in [0, 0.05) is 23.8 Å². The number of hydrogen-bond donors (Lipinski definition) is 1. The van der Waals surface area contributed by atoms with Crippen LogP contribution in [0.4, 0.5) is 0 Å². The Morgan fingerprint density at radius 1 is 1.11 bits per heavy atom. The molecular weight excluding hydrogens is 232 g/mol. The zero-order chi connectivity index (χ0) is 13.1. The highest BCUT2D eigenvalue weighted by molar-refractivity contribution is 5.58. The SMILES string of the molecule is COc1cc(OC)c(OC)c2c1CC(CO)CC2. The first-order valence-electron chi connectivity index (χ1n) is 6.16. The van der Waals surface area contributed by atoms with Crippen LogP contribution >= 0.6 is 0 Å². The van der Waals surface area contributed by atoms with E-state index in [4.69, 9.17) is 14.2 Å². The summed E-state index contributed by atoms with van der Waals surface area (Å²) < 4.78 is 16.2. The second-order valence-electron chi connectivity index (χ2n) is 4.56. The molecule has 1 unspecified atom stereocenters. The lowest BCUT2D eigenvalue weighted by Crippen LogP contribution is -2.19. The molecule has 2 rings (SSSR count). The summed E-state index contributed by atoms with van der Waals surface area (Å²) in [6, 6.07) is 1.86. The zero-order valence-corrected chi connectivity index (χ0v) is 11.2. The van der Waals surface area contributed by atoms with E-state index in [2.05, 4.69) is 0 Å². The lowest BCUT2D eigenvalue weighted by atomic mass is 9.83. The van der Waals surface area contributed by atoms with Crippen LogP contribution in [0.5, 0.6) is 17.2 Å². The van der Waals surface area contributed by atoms with Crippen molar-refractivity contribution in [2.24, 2.45) is 5.92 Å². The van der Waals surface area contributed by atoms with Gasteiger partial charge < -0.3 is 19.3 Å². The van der Waals surface area contributed by atoms with Gasteiger partial charge in [-0.25, -0.2) is 0 Å². The highest BCUT2D eigenvalue weighted by Crippen LogP contribution is 2.43. The predicted molar refractivity (Wildman–Crippen MR) is 68.7 cm³/mol. The molecule has 0 spiro atoms. The summed E-state index contributed by atoms with van der Waals surface area (Å²) in [4.78, 5) is 0. The van der Waals surface area contributed by atoms with E-state index < -0.39 is 0 Å². The average molecular weight is 252 g/mol. The molecule has 0 radical (unpaired) electrons. The van der Waals surface area contributed by atoms with Crippen LogP contribution in [0.2, 0.25) is 0 Å². The van der Waals surface area contributed by atoms with Crippen molar-refractivity contribution in [2.45, 2.75) is 19.3 Å². The van der Waals surface area contributed by atoms with Crippen molar-refractivity contribution in [3.8, 4) is 17.2 Å². The molecule has 1 aromatic rings. The van der Waals surface area contributed by atoms with Crippen LogP contribution in [0.1, 0.15) is 17.5 Å². The van der Waals surface area contributed by atoms with Gasteiger partial charge in [0.2, 0.25) is 0 Å². The molecule has 4 heteroatoms. The first-order valence-corrected chi connectivity index (χ1v) is 6.16. The number of rotatable bonds is 4. The van der Waals surface area contributed by atoms with Gasteiger partial charge in [-0.15, -0.1) is 0 Å². The van der Waals surface area contributed by atoms with Crippen molar-refractivity contribution in [3.05, 3.63) is 17.2 Å². The summed E-state index contributed by atoms with van der Waals surface area (Å²) in [5.41, 5.74) is 2.29. The quantitative estimate of drug-likeness (QED) is 0.887. The Hall–Kier alpha value is -1.42. The third-order valence-electron chi connectivity index (χ3n) is 3.62. The molecule has 0 saturated carbocycles. The van der Waals surface area contributed by atoms with Gasteiger partial charge >= 0.3 is 0 Å². The molecule has 1 N–H and O–H groups in total. The third-order valence-corrected chi connectivity index (χ3v) is 3.62. The first kappa shape index (κ1) is 13.0. The number of ether oxygens (including phenoxy) is 3. The zero-order valence-electron chi connectivity index (χ0n) is 11.2. The van der Waals surface area contributed by atoms with Gasteiger partial charge in [0.05, 0.1) is 21.3 Å². The van der Waals surface area contributed by atoms with E-state index in [1.54, 1.807) is 21.3 Å². The fourth-order valence-electron chi connectivity index (χ4n) is 2.65. The predicted octanol–water partition coefficient (Wildman–Crippen LogP) is 1.81. The second kappa shape index (κ2) is 5.48. The normalized spacial score (nSPS) is 18.1. The van der Waals surface area contributed by atoms with Gasteiger partial charge in [0.1, 0.15) is 5.75 Å². The van der Waals surface area contributed by atoms with Crippen molar-refractivity contribution in [2.75, 3.05) is 27.9 Å². The van der Waals surface area contributed by atoms with E-state index in [-0.39, 0.29) is 6.61 Å². The Kier molecular flexibility index (Phi) is 3.97. The Labute approximate surface area is 107 Å². The maximum atomic E-state index is 9.31. The van der Waals surface area contributed by atoms with Crippen LogP contribution in [0.15, 0.2) is 6.07 Å². The number of hydrogen-bond acceptors (Lipinski definition) is 4. The molecular formula is C14H20O4. The van der Waals surface area contributed by atoms with Crippen LogP contribution in [0.25, 0.3) is 0 Å². The van der Waals surface area contributed by atoms with E-state index in [0.717, 1.165) is 41.9 Å². The van der Waals surface area contributed by atoms with E-state index in [9.17, 15) is 5.11 Å². The van der Waals surface area contributed by atoms with Gasteiger partial charge in [0.15, 0.2) is 11.5 Å². The third kappa shape index (κ3) is 2.12. The number of aliphatic hydroxyl groups is 1. The summed E-state index contributed by atoms with van der Waals surface area (Å²) in [5.74, 6) is 2.63. The number of methoxy groups -OCH3 is 3. The van der Waals surface area contributed by atoms with Crippen molar-refractivity contribution in [1.29, 1.82) is 0 Å². The van der Waals surface area contributed by atoms with E-state index in [0.29, 0.717) is 11.7 Å². The fourth-order valence-corrected chi connectivity index (χ4v) is 2.65. The van der Waals surface area contributed by atoms with Gasteiger partial charge in [-0.1, -0.05) is 0 Å². The molecule has 1 aliphatic carbocycles. The van der Waals surface area contributed by atoms with Crippen molar-refractivity contribution < 1.29 is 19.3 Å². The standard InChI is InChI=1S/C14H20O4/c1-16-12-7-13(17-2)14(18-3)10-5-4-9(8-15)6-11(10)12/h7,9,15H,4-6,8H2,1-3H3. The molecule has 1 aliphatic rings. The molecule has 1 aromatic carbocycles. The first-order chi connectivity index (χ1) is 8.74. The molecule has 0 amide bonds. The molecule has 0 heterocycles. The van der Waals surface area contributed by atoms with Crippen LogP contribution in [0.3, 0.4) is 0 Å². The average Bonchev–Trinajstić information content (AvgIpc) is 2.44. The topological polar surface area (TPSA) is 47.9 Å². The number of aliphatic hydroxyl groups excluding tert-OH is 1. The van der Waals surface area contributed by atoms with Crippen molar-refractivity contribution >= 4 is 0 Å². The van der Waals surface area contributed by atoms with Crippen LogP contribution < -0.4 is 14.2 Å². The van der Waals surface area contributed by atoms with E-state index in [1.807, 2.05) is 6.07 Å². The molecule has 18 heavy (non-hydrogen) atoms. The van der Waals surface area contributed by atoms with Crippen LogP contribution in [-0.2, 0) is 12.8 Å². The number of benzene rings is 1. The minimum atomic E-state index is 0.219. The van der Waals surface area contributed by atoms with Gasteiger partial charge in [-0.3, -0.25) is 0 Å². The molecule has 1 atom stereocenters. The lowest BCUT2D eigenvalue weighted by Gasteiger charge is -2.27. The Bertz CT molecular complexity index is 428. The molecule has 0 saturated heterocycles. The molecule has 4 nitrogen and oxygen atoms in total. The second-order valence-corrected chi connectivity index (χ2v) is 4.56. The Morgan fingerprint density at radius 2 is 1.83 bits per heavy atom. The summed E-state index contributed by atoms with van der Waals surface area (Å²) in [7, 11) is 4.94. The summed E-state index contributed by atoms with van der Waals surface area (Å²) in [5, 5.41) is 9.31. The fraction of sp³-hybridized carbons (Fsp3) is 0.571. The lowest BCUT2D eigenvalue weighted by molar-refractivity contribution is 0.210. The van der Waals surface area contributed by atoms with Gasteiger partial charge in [0.25, 0.3) is 0 Å². The van der Waals surface area contributed by atoms with E-state index >= 15 is 0 Å².